The van der Waals surface area contributed by atoms with Crippen molar-refractivity contribution in [1.82, 2.24) is 0 Å². The zero-order valence-electron chi connectivity index (χ0n) is 17.6. The highest BCUT2D eigenvalue weighted by Crippen LogP contribution is 2.28. The lowest BCUT2D eigenvalue weighted by Crippen LogP contribution is -2.07. The minimum absolute atomic E-state index is 0.0827. The molecule has 0 atom stereocenters. The van der Waals surface area contributed by atoms with Gasteiger partial charge in [-0.05, 0) is 38.3 Å². The van der Waals surface area contributed by atoms with Crippen LogP contribution in [0.2, 0.25) is 0 Å². The summed E-state index contributed by atoms with van der Waals surface area (Å²) in [6.07, 6.45) is 14.2. The Balaban J connectivity index is 2.11. The van der Waals surface area contributed by atoms with Gasteiger partial charge in [-0.1, -0.05) is 73.7 Å². The third kappa shape index (κ3) is 10.4. The van der Waals surface area contributed by atoms with Crippen LogP contribution >= 0.6 is 15.9 Å². The van der Waals surface area contributed by atoms with Gasteiger partial charge in [0.2, 0.25) is 0 Å². The Morgan fingerprint density at radius 1 is 0.929 bits per heavy atom. The fourth-order valence-corrected chi connectivity index (χ4v) is 3.66. The Hall–Kier alpha value is -1.23. The maximum atomic E-state index is 11.9. The molecule has 0 saturated carbocycles. The molecule has 160 valence electrons. The van der Waals surface area contributed by atoms with Crippen LogP contribution in [-0.2, 0) is 4.74 Å². The first kappa shape index (κ1) is 24.8. The van der Waals surface area contributed by atoms with Gasteiger partial charge >= 0.3 is 5.97 Å². The molecule has 0 heterocycles. The van der Waals surface area contributed by atoms with Crippen molar-refractivity contribution < 1.29 is 19.4 Å². The Morgan fingerprint density at radius 2 is 1.46 bits per heavy atom. The topological polar surface area (TPSA) is 55.8 Å². The molecule has 0 aliphatic carbocycles. The Morgan fingerprint density at radius 3 is 1.96 bits per heavy atom. The van der Waals surface area contributed by atoms with E-state index in [1.807, 2.05) is 0 Å². The molecule has 1 rings (SSSR count). The second kappa shape index (κ2) is 15.7. The number of unbranched alkanes of at least 4 members (excludes halogenated alkanes) is 10. The van der Waals surface area contributed by atoms with E-state index in [1.165, 1.54) is 63.9 Å². The van der Waals surface area contributed by atoms with Crippen LogP contribution in [-0.4, -0.2) is 29.6 Å². The minimum Gasteiger partial charge on any atom is -0.507 e. The van der Waals surface area contributed by atoms with Crippen LogP contribution in [0.1, 0.15) is 93.5 Å². The molecule has 5 heteroatoms. The Kier molecular flexibility index (Phi) is 13.9. The zero-order chi connectivity index (χ0) is 20.6. The minimum atomic E-state index is -0.497. The summed E-state index contributed by atoms with van der Waals surface area (Å²) in [4.78, 5) is 11.9. The van der Waals surface area contributed by atoms with Gasteiger partial charge in [0, 0.05) is 11.4 Å². The van der Waals surface area contributed by atoms with E-state index < -0.39 is 5.97 Å². The molecule has 0 fully saturated rings. The van der Waals surface area contributed by atoms with Crippen LogP contribution in [0.5, 0.6) is 11.5 Å². The van der Waals surface area contributed by atoms with Gasteiger partial charge in [-0.3, -0.25) is 0 Å². The van der Waals surface area contributed by atoms with Gasteiger partial charge in [-0.25, -0.2) is 4.79 Å². The number of alkyl halides is 1. The van der Waals surface area contributed by atoms with Crippen molar-refractivity contribution in [3.05, 3.63) is 23.3 Å². The summed E-state index contributed by atoms with van der Waals surface area (Å²) in [5, 5.41) is 11.2. The van der Waals surface area contributed by atoms with Gasteiger partial charge < -0.3 is 14.6 Å². The summed E-state index contributed by atoms with van der Waals surface area (Å²) >= 11 is 3.47. The first-order chi connectivity index (χ1) is 13.6. The van der Waals surface area contributed by atoms with Gasteiger partial charge in [-0.15, -0.1) is 0 Å². The molecule has 1 aromatic carbocycles. The van der Waals surface area contributed by atoms with E-state index in [0.717, 1.165) is 18.2 Å². The van der Waals surface area contributed by atoms with Gasteiger partial charge in [0.1, 0.15) is 17.1 Å². The second-order valence-electron chi connectivity index (χ2n) is 7.28. The highest BCUT2D eigenvalue weighted by molar-refractivity contribution is 9.09. The number of carbonyl (C=O) groups excluding carboxylic acids is 1. The van der Waals surface area contributed by atoms with E-state index in [4.69, 9.17) is 9.47 Å². The highest BCUT2D eigenvalue weighted by Gasteiger charge is 2.17. The number of rotatable bonds is 16. The summed E-state index contributed by atoms with van der Waals surface area (Å²) in [6.45, 7) is 4.44. The van der Waals surface area contributed by atoms with Crippen LogP contribution in [0.4, 0.5) is 0 Å². The van der Waals surface area contributed by atoms with Crippen LogP contribution in [0.25, 0.3) is 0 Å². The molecule has 1 aromatic rings. The fourth-order valence-electron chi connectivity index (χ4n) is 3.27. The zero-order valence-corrected chi connectivity index (χ0v) is 19.2. The number of hydrogen-bond acceptors (Lipinski definition) is 4. The van der Waals surface area contributed by atoms with E-state index in [9.17, 15) is 9.90 Å². The average molecular weight is 457 g/mol. The third-order valence-electron chi connectivity index (χ3n) is 4.81. The number of ether oxygens (including phenoxy) is 2. The summed E-state index contributed by atoms with van der Waals surface area (Å²) in [7, 11) is 0. The van der Waals surface area contributed by atoms with Crippen molar-refractivity contribution in [3.63, 3.8) is 0 Å². The first-order valence-corrected chi connectivity index (χ1v) is 11.9. The van der Waals surface area contributed by atoms with E-state index in [-0.39, 0.29) is 17.9 Å². The van der Waals surface area contributed by atoms with Crippen molar-refractivity contribution in [2.75, 3.05) is 18.5 Å². The van der Waals surface area contributed by atoms with Crippen molar-refractivity contribution in [3.8, 4) is 11.5 Å². The molecular formula is C23H37BrO4. The molecule has 0 unspecified atom stereocenters. The van der Waals surface area contributed by atoms with Crippen molar-refractivity contribution in [2.45, 2.75) is 84.5 Å². The maximum Gasteiger partial charge on any atom is 0.342 e. The fraction of sp³-hybridized carbons (Fsp3) is 0.696. The van der Waals surface area contributed by atoms with E-state index in [2.05, 4.69) is 15.9 Å². The van der Waals surface area contributed by atoms with Crippen molar-refractivity contribution in [1.29, 1.82) is 0 Å². The van der Waals surface area contributed by atoms with Crippen LogP contribution in [0.15, 0.2) is 12.1 Å². The van der Waals surface area contributed by atoms with E-state index in [0.29, 0.717) is 17.9 Å². The molecule has 4 nitrogen and oxygen atoms in total. The average Bonchev–Trinajstić information content (AvgIpc) is 2.65. The highest BCUT2D eigenvalue weighted by atomic mass is 79.9. The molecular weight excluding hydrogens is 420 g/mol. The standard InChI is InChI=1S/C23H37BrO4/c1-3-27-23(26)22-19(2)17-20(18-21(22)25)28-16-14-12-10-8-6-4-5-7-9-11-13-15-24/h17-18,25H,3-16H2,1-2H3. The molecule has 0 spiro atoms. The SMILES string of the molecule is CCOC(=O)c1c(C)cc(OCCCCCCCCCCCCCBr)cc1O. The number of phenolic OH excluding ortho intramolecular Hbond substituents is 1. The summed E-state index contributed by atoms with van der Waals surface area (Å²) in [6, 6.07) is 3.28. The van der Waals surface area contributed by atoms with Crippen molar-refractivity contribution in [2.24, 2.45) is 0 Å². The number of halogens is 1. The molecule has 1 N–H and O–H groups in total. The molecule has 28 heavy (non-hydrogen) atoms. The van der Waals surface area contributed by atoms with Crippen LogP contribution < -0.4 is 4.74 Å². The smallest absolute Gasteiger partial charge is 0.342 e. The number of esters is 1. The first-order valence-electron chi connectivity index (χ1n) is 10.8. The van der Waals surface area contributed by atoms with Crippen molar-refractivity contribution >= 4 is 21.9 Å². The lowest BCUT2D eigenvalue weighted by Gasteiger charge is -2.11. The lowest BCUT2D eigenvalue weighted by molar-refractivity contribution is 0.0522. The predicted octanol–water partition coefficient (Wildman–Crippen LogP) is 6.94. The summed E-state index contributed by atoms with van der Waals surface area (Å²) in [5.41, 5.74) is 0.887. The second-order valence-corrected chi connectivity index (χ2v) is 8.07. The number of benzene rings is 1. The number of carbonyl (C=O) groups is 1. The van der Waals surface area contributed by atoms with Gasteiger partial charge in [0.05, 0.1) is 13.2 Å². The molecule has 0 aliphatic rings. The molecule has 0 radical (unpaired) electrons. The quantitative estimate of drug-likeness (QED) is 0.166. The van der Waals surface area contributed by atoms with E-state index >= 15 is 0 Å². The Bertz CT molecular complexity index is 537. The normalized spacial score (nSPS) is 10.8. The molecule has 0 amide bonds. The lowest BCUT2D eigenvalue weighted by atomic mass is 10.1. The number of aryl methyl sites for hydroxylation is 1. The predicted molar refractivity (Wildman–Crippen MR) is 119 cm³/mol. The van der Waals surface area contributed by atoms with Gasteiger partial charge in [-0.2, -0.15) is 0 Å². The molecule has 0 aliphatic heterocycles. The van der Waals surface area contributed by atoms with E-state index in [1.54, 1.807) is 19.9 Å². The molecule has 0 bridgehead atoms. The molecule has 0 saturated heterocycles. The number of aromatic hydroxyl groups is 1. The maximum absolute atomic E-state index is 11.9. The summed E-state index contributed by atoms with van der Waals surface area (Å²) < 4.78 is 10.7. The number of phenols is 1. The Labute approximate surface area is 179 Å². The number of hydrogen-bond donors (Lipinski definition) is 1. The third-order valence-corrected chi connectivity index (χ3v) is 5.38. The monoisotopic (exact) mass is 456 g/mol. The van der Waals surface area contributed by atoms with Gasteiger partial charge in [0.15, 0.2) is 0 Å². The summed E-state index contributed by atoms with van der Waals surface area (Å²) in [5.74, 6) is 0.0200. The van der Waals surface area contributed by atoms with Gasteiger partial charge in [0.25, 0.3) is 0 Å². The molecule has 0 aromatic heterocycles. The van der Waals surface area contributed by atoms with Crippen LogP contribution in [0.3, 0.4) is 0 Å². The van der Waals surface area contributed by atoms with Crippen LogP contribution in [0, 0.1) is 6.92 Å². The largest absolute Gasteiger partial charge is 0.507 e.